The van der Waals surface area contributed by atoms with Crippen molar-refractivity contribution in [2.75, 3.05) is 6.54 Å². The van der Waals surface area contributed by atoms with E-state index in [1.165, 1.54) is 6.92 Å². The molecule has 0 fully saturated rings. The normalized spacial score (nSPS) is 11.6. The Bertz CT molecular complexity index is 755. The summed E-state index contributed by atoms with van der Waals surface area (Å²) in [5.41, 5.74) is 1.44. The molecule has 7 nitrogen and oxygen atoms in total. The minimum absolute atomic E-state index is 0.00682. The molecule has 1 aromatic heterocycles. The van der Waals surface area contributed by atoms with Crippen LogP contribution < -0.4 is 10.6 Å². The molecule has 2 aromatic rings. The van der Waals surface area contributed by atoms with Crippen LogP contribution in [0.1, 0.15) is 19.4 Å². The van der Waals surface area contributed by atoms with Crippen LogP contribution in [0.5, 0.6) is 0 Å². The van der Waals surface area contributed by atoms with E-state index in [0.29, 0.717) is 6.54 Å². The number of imide groups is 1. The van der Waals surface area contributed by atoms with Gasteiger partial charge in [-0.3, -0.25) is 19.9 Å². The third-order valence-electron chi connectivity index (χ3n) is 3.30. The van der Waals surface area contributed by atoms with Gasteiger partial charge in [-0.2, -0.15) is 0 Å². The number of pyridine rings is 1. The van der Waals surface area contributed by atoms with Crippen molar-refractivity contribution in [3.8, 4) is 0 Å². The molecule has 1 aromatic carbocycles. The highest BCUT2D eigenvalue weighted by molar-refractivity contribution is 5.97. The molecule has 2 N–H and O–H groups in total. The van der Waals surface area contributed by atoms with Crippen LogP contribution in [0.3, 0.4) is 0 Å². The lowest BCUT2D eigenvalue weighted by atomic mass is 10.1. The second kappa shape index (κ2) is 8.05. The van der Waals surface area contributed by atoms with E-state index < -0.39 is 24.0 Å². The first-order chi connectivity index (χ1) is 11.5. The van der Waals surface area contributed by atoms with Gasteiger partial charge in [-0.25, -0.2) is 4.79 Å². The predicted molar refractivity (Wildman–Crippen MR) is 88.2 cm³/mol. The quantitative estimate of drug-likeness (QED) is 0.811. The van der Waals surface area contributed by atoms with Gasteiger partial charge in [0.15, 0.2) is 6.10 Å². The molecule has 0 bridgehead atoms. The van der Waals surface area contributed by atoms with E-state index in [1.807, 2.05) is 24.3 Å². The van der Waals surface area contributed by atoms with Gasteiger partial charge in [-0.05, 0) is 25.5 Å². The minimum Gasteiger partial charge on any atom is -0.452 e. The van der Waals surface area contributed by atoms with E-state index in [1.54, 1.807) is 19.2 Å². The van der Waals surface area contributed by atoms with Crippen LogP contribution in [0.15, 0.2) is 36.5 Å². The van der Waals surface area contributed by atoms with Crippen LogP contribution in [-0.2, 0) is 20.7 Å². The van der Waals surface area contributed by atoms with Crippen LogP contribution in [0, 0.1) is 0 Å². The van der Waals surface area contributed by atoms with E-state index in [4.69, 9.17) is 4.74 Å². The largest absolute Gasteiger partial charge is 0.452 e. The van der Waals surface area contributed by atoms with E-state index >= 15 is 0 Å². The van der Waals surface area contributed by atoms with Gasteiger partial charge >= 0.3 is 12.0 Å². The number of benzene rings is 1. The minimum atomic E-state index is -1.07. The number of carbonyl (C=O) groups is 3. The molecule has 0 aliphatic heterocycles. The van der Waals surface area contributed by atoms with Crippen molar-refractivity contribution < 1.29 is 19.1 Å². The molecule has 0 spiro atoms. The van der Waals surface area contributed by atoms with Crippen LogP contribution in [0.25, 0.3) is 10.9 Å². The molecule has 0 aliphatic rings. The van der Waals surface area contributed by atoms with Gasteiger partial charge in [-0.15, -0.1) is 0 Å². The first-order valence-electron chi connectivity index (χ1n) is 7.62. The second-order valence-electron chi connectivity index (χ2n) is 5.15. The summed E-state index contributed by atoms with van der Waals surface area (Å²) in [6, 6.07) is 8.62. The van der Waals surface area contributed by atoms with Gasteiger partial charge < -0.3 is 10.1 Å². The van der Waals surface area contributed by atoms with Crippen molar-refractivity contribution >= 4 is 28.8 Å². The Labute approximate surface area is 139 Å². The molecular weight excluding hydrogens is 310 g/mol. The van der Waals surface area contributed by atoms with E-state index in [2.05, 4.69) is 15.6 Å². The number of para-hydroxylation sites is 1. The average molecular weight is 329 g/mol. The Kier molecular flexibility index (Phi) is 5.83. The van der Waals surface area contributed by atoms with E-state index in [0.717, 1.165) is 16.5 Å². The van der Waals surface area contributed by atoms with Gasteiger partial charge in [0.25, 0.3) is 5.91 Å². The summed E-state index contributed by atoms with van der Waals surface area (Å²) in [4.78, 5) is 39.4. The van der Waals surface area contributed by atoms with Crippen molar-refractivity contribution in [3.63, 3.8) is 0 Å². The molecule has 0 aliphatic carbocycles. The van der Waals surface area contributed by atoms with Crippen molar-refractivity contribution in [1.82, 2.24) is 15.6 Å². The monoisotopic (exact) mass is 329 g/mol. The molecule has 7 heteroatoms. The zero-order chi connectivity index (χ0) is 17.5. The number of fused-ring (bicyclic) bond motifs is 1. The molecule has 3 amide bonds. The number of carbonyl (C=O) groups excluding carboxylic acids is 3. The molecule has 24 heavy (non-hydrogen) atoms. The molecular formula is C17H19N3O4. The summed E-state index contributed by atoms with van der Waals surface area (Å²) in [6.07, 6.45) is 0.579. The number of hydrogen-bond donors (Lipinski definition) is 2. The standard InChI is InChI=1S/C17H19N3O4/c1-3-18-17(23)20-16(22)11(2)24-14(21)10-13-7-4-6-12-8-5-9-19-15(12)13/h4-9,11H,3,10H2,1-2H3,(H2,18,20,22,23). The highest BCUT2D eigenvalue weighted by atomic mass is 16.5. The number of nitrogens with one attached hydrogen (secondary N) is 2. The van der Waals surface area contributed by atoms with E-state index in [9.17, 15) is 14.4 Å². The maximum Gasteiger partial charge on any atom is 0.321 e. The van der Waals surface area contributed by atoms with Crippen LogP contribution >= 0.6 is 0 Å². The zero-order valence-electron chi connectivity index (χ0n) is 13.5. The van der Waals surface area contributed by atoms with Gasteiger partial charge in [0.1, 0.15) is 0 Å². The topological polar surface area (TPSA) is 97.4 Å². The first-order valence-corrected chi connectivity index (χ1v) is 7.62. The number of hydrogen-bond acceptors (Lipinski definition) is 5. The lowest BCUT2D eigenvalue weighted by molar-refractivity contribution is -0.153. The first kappa shape index (κ1) is 17.4. The molecule has 126 valence electrons. The molecule has 2 rings (SSSR count). The Morgan fingerprint density at radius 3 is 2.71 bits per heavy atom. The Balaban J connectivity index is 1.97. The maximum absolute atomic E-state index is 12.1. The van der Waals surface area contributed by atoms with Crippen LogP contribution in [-0.4, -0.2) is 35.5 Å². The summed E-state index contributed by atoms with van der Waals surface area (Å²) in [5, 5.41) is 5.45. The number of aromatic nitrogens is 1. The molecule has 1 heterocycles. The van der Waals surface area contributed by atoms with Crippen molar-refractivity contribution in [3.05, 3.63) is 42.1 Å². The van der Waals surface area contributed by atoms with Crippen molar-refractivity contribution in [2.24, 2.45) is 0 Å². The highest BCUT2D eigenvalue weighted by Crippen LogP contribution is 2.16. The number of esters is 1. The average Bonchev–Trinajstić information content (AvgIpc) is 2.55. The smallest absolute Gasteiger partial charge is 0.321 e. The zero-order valence-corrected chi connectivity index (χ0v) is 13.5. The van der Waals surface area contributed by atoms with Crippen molar-refractivity contribution in [2.45, 2.75) is 26.4 Å². The number of nitrogens with zero attached hydrogens (tertiary/aromatic N) is 1. The molecule has 0 radical (unpaired) electrons. The highest BCUT2D eigenvalue weighted by Gasteiger charge is 2.20. The summed E-state index contributed by atoms with van der Waals surface area (Å²) >= 11 is 0. The summed E-state index contributed by atoms with van der Waals surface area (Å²) < 4.78 is 5.09. The number of ether oxygens (including phenoxy) is 1. The van der Waals surface area contributed by atoms with Gasteiger partial charge in [0, 0.05) is 18.1 Å². The molecule has 0 saturated heterocycles. The summed E-state index contributed by atoms with van der Waals surface area (Å²) in [5.74, 6) is -1.24. The maximum atomic E-state index is 12.1. The fraction of sp³-hybridized carbons (Fsp3) is 0.294. The van der Waals surface area contributed by atoms with Gasteiger partial charge in [-0.1, -0.05) is 24.3 Å². The fourth-order valence-electron chi connectivity index (χ4n) is 2.18. The Morgan fingerprint density at radius 1 is 1.21 bits per heavy atom. The summed E-state index contributed by atoms with van der Waals surface area (Å²) in [7, 11) is 0. The molecule has 1 atom stereocenters. The van der Waals surface area contributed by atoms with Crippen LogP contribution in [0.2, 0.25) is 0 Å². The Hall–Kier alpha value is -2.96. The number of rotatable bonds is 5. The Morgan fingerprint density at radius 2 is 1.96 bits per heavy atom. The number of amides is 3. The summed E-state index contributed by atoms with van der Waals surface area (Å²) in [6.45, 7) is 3.53. The second-order valence-corrected chi connectivity index (χ2v) is 5.15. The molecule has 0 saturated carbocycles. The third kappa shape index (κ3) is 4.52. The number of urea groups is 1. The van der Waals surface area contributed by atoms with E-state index in [-0.39, 0.29) is 6.42 Å². The van der Waals surface area contributed by atoms with Gasteiger partial charge in [0.2, 0.25) is 0 Å². The van der Waals surface area contributed by atoms with Gasteiger partial charge in [0.05, 0.1) is 11.9 Å². The lowest BCUT2D eigenvalue weighted by Gasteiger charge is -2.13. The molecule has 1 unspecified atom stereocenters. The third-order valence-corrected chi connectivity index (χ3v) is 3.30. The SMILES string of the molecule is CCNC(=O)NC(=O)C(C)OC(=O)Cc1cccc2cccnc12. The fourth-order valence-corrected chi connectivity index (χ4v) is 2.18. The lowest BCUT2D eigenvalue weighted by Crippen LogP contribution is -2.44. The predicted octanol–water partition coefficient (Wildman–Crippen LogP) is 1.55. The van der Waals surface area contributed by atoms with Crippen LogP contribution in [0.4, 0.5) is 4.79 Å². The van der Waals surface area contributed by atoms with Crippen molar-refractivity contribution in [1.29, 1.82) is 0 Å².